The van der Waals surface area contributed by atoms with E-state index in [-0.39, 0.29) is 17.7 Å². The fraction of sp³-hybridized carbons (Fsp3) is 0.556. The molecule has 1 aliphatic heterocycles. The van der Waals surface area contributed by atoms with Crippen LogP contribution in [0.5, 0.6) is 0 Å². The number of hydrogen-bond donors (Lipinski definition) is 1. The van der Waals surface area contributed by atoms with E-state index in [0.29, 0.717) is 11.6 Å². The van der Waals surface area contributed by atoms with Crippen molar-refractivity contribution in [3.05, 3.63) is 29.8 Å². The molecule has 2 amide bonds. The van der Waals surface area contributed by atoms with Gasteiger partial charge in [0.1, 0.15) is 0 Å². The number of carbonyl (C=O) groups excluding carboxylic acids is 2. The van der Waals surface area contributed by atoms with Gasteiger partial charge >= 0.3 is 0 Å². The SMILES string of the molecule is CC(C)C(=O)Nc1ccc(C(=O)N2CCC(N(C)C)CC2)cc1. The van der Waals surface area contributed by atoms with E-state index >= 15 is 0 Å². The van der Waals surface area contributed by atoms with Gasteiger partial charge in [0.15, 0.2) is 0 Å². The molecule has 1 heterocycles. The monoisotopic (exact) mass is 317 g/mol. The second-order valence-corrected chi connectivity index (χ2v) is 6.71. The van der Waals surface area contributed by atoms with E-state index in [0.717, 1.165) is 31.6 Å². The van der Waals surface area contributed by atoms with Gasteiger partial charge < -0.3 is 15.1 Å². The zero-order valence-electron chi connectivity index (χ0n) is 14.5. The van der Waals surface area contributed by atoms with E-state index in [1.54, 1.807) is 24.3 Å². The molecule has 1 aromatic rings. The maximum absolute atomic E-state index is 12.5. The van der Waals surface area contributed by atoms with E-state index in [9.17, 15) is 9.59 Å². The van der Waals surface area contributed by atoms with Crippen LogP contribution in [0.2, 0.25) is 0 Å². The fourth-order valence-corrected chi connectivity index (χ4v) is 2.75. The molecule has 1 saturated heterocycles. The van der Waals surface area contributed by atoms with Crippen LogP contribution in [0.3, 0.4) is 0 Å². The van der Waals surface area contributed by atoms with Crippen LogP contribution < -0.4 is 5.32 Å². The Labute approximate surface area is 138 Å². The zero-order valence-corrected chi connectivity index (χ0v) is 14.5. The molecule has 5 heteroatoms. The zero-order chi connectivity index (χ0) is 17.0. The minimum atomic E-state index is -0.0608. The first-order valence-electron chi connectivity index (χ1n) is 8.25. The van der Waals surface area contributed by atoms with Crippen LogP contribution in [0.15, 0.2) is 24.3 Å². The van der Waals surface area contributed by atoms with Gasteiger partial charge in [0.05, 0.1) is 0 Å². The van der Waals surface area contributed by atoms with Crippen molar-refractivity contribution in [1.82, 2.24) is 9.80 Å². The van der Waals surface area contributed by atoms with Crippen molar-refractivity contribution in [2.45, 2.75) is 32.7 Å². The molecule has 0 unspecified atom stereocenters. The molecule has 1 aromatic carbocycles. The van der Waals surface area contributed by atoms with Gasteiger partial charge in [-0.15, -0.1) is 0 Å². The number of amides is 2. The fourth-order valence-electron chi connectivity index (χ4n) is 2.75. The van der Waals surface area contributed by atoms with Gasteiger partial charge in [0.2, 0.25) is 5.91 Å². The van der Waals surface area contributed by atoms with Gasteiger partial charge in [-0.2, -0.15) is 0 Å². The molecule has 2 rings (SSSR count). The first-order chi connectivity index (χ1) is 10.9. The van der Waals surface area contributed by atoms with Gasteiger partial charge in [0, 0.05) is 36.3 Å². The molecule has 0 atom stereocenters. The summed E-state index contributed by atoms with van der Waals surface area (Å²) in [6.45, 7) is 5.30. The highest BCUT2D eigenvalue weighted by Crippen LogP contribution is 2.18. The van der Waals surface area contributed by atoms with Crippen molar-refractivity contribution in [3.63, 3.8) is 0 Å². The molecule has 5 nitrogen and oxygen atoms in total. The molecule has 0 aromatic heterocycles. The molecule has 23 heavy (non-hydrogen) atoms. The molecule has 1 fully saturated rings. The van der Waals surface area contributed by atoms with Crippen molar-refractivity contribution in [2.75, 3.05) is 32.5 Å². The van der Waals surface area contributed by atoms with E-state index in [2.05, 4.69) is 24.3 Å². The number of hydrogen-bond acceptors (Lipinski definition) is 3. The lowest BCUT2D eigenvalue weighted by Crippen LogP contribution is -2.44. The molecule has 0 radical (unpaired) electrons. The summed E-state index contributed by atoms with van der Waals surface area (Å²) in [4.78, 5) is 28.4. The topological polar surface area (TPSA) is 52.7 Å². The Balaban J connectivity index is 1.94. The quantitative estimate of drug-likeness (QED) is 0.928. The smallest absolute Gasteiger partial charge is 0.253 e. The predicted octanol–water partition coefficient (Wildman–Crippen LogP) is 2.45. The number of anilines is 1. The molecule has 0 saturated carbocycles. The van der Waals surface area contributed by atoms with Crippen molar-refractivity contribution in [1.29, 1.82) is 0 Å². The molecule has 0 aliphatic carbocycles. The number of nitrogens with one attached hydrogen (secondary N) is 1. The van der Waals surface area contributed by atoms with Crippen LogP contribution in [0.1, 0.15) is 37.0 Å². The highest BCUT2D eigenvalue weighted by molar-refractivity contribution is 5.96. The Morgan fingerprint density at radius 1 is 1.13 bits per heavy atom. The predicted molar refractivity (Wildman–Crippen MR) is 92.5 cm³/mol. The molecule has 126 valence electrons. The summed E-state index contributed by atoms with van der Waals surface area (Å²) in [7, 11) is 4.18. The third kappa shape index (κ3) is 4.55. The number of likely N-dealkylation sites (tertiary alicyclic amines) is 1. The van der Waals surface area contributed by atoms with Gasteiger partial charge in [-0.1, -0.05) is 13.8 Å². The summed E-state index contributed by atoms with van der Waals surface area (Å²) in [5.74, 6) is -0.00641. The highest BCUT2D eigenvalue weighted by atomic mass is 16.2. The summed E-state index contributed by atoms with van der Waals surface area (Å²) >= 11 is 0. The van der Waals surface area contributed by atoms with Crippen LogP contribution in [0, 0.1) is 5.92 Å². The number of nitrogens with zero attached hydrogens (tertiary/aromatic N) is 2. The Hall–Kier alpha value is -1.88. The average Bonchev–Trinajstić information content (AvgIpc) is 2.55. The lowest BCUT2D eigenvalue weighted by Gasteiger charge is -2.35. The van der Waals surface area contributed by atoms with E-state index in [1.807, 2.05) is 18.7 Å². The van der Waals surface area contributed by atoms with Gasteiger partial charge in [-0.3, -0.25) is 9.59 Å². The lowest BCUT2D eigenvalue weighted by molar-refractivity contribution is -0.118. The Kier molecular flexibility index (Phi) is 5.77. The Morgan fingerprint density at radius 3 is 2.17 bits per heavy atom. The summed E-state index contributed by atoms with van der Waals surface area (Å²) in [6.07, 6.45) is 2.03. The van der Waals surface area contributed by atoms with Crippen LogP contribution >= 0.6 is 0 Å². The van der Waals surface area contributed by atoms with Crippen LogP contribution in [0.4, 0.5) is 5.69 Å². The minimum Gasteiger partial charge on any atom is -0.339 e. The first-order valence-corrected chi connectivity index (χ1v) is 8.25. The minimum absolute atomic E-state index is 0.0187. The lowest BCUT2D eigenvalue weighted by atomic mass is 10.0. The molecule has 0 bridgehead atoms. The van der Waals surface area contributed by atoms with Crippen LogP contribution in [0.25, 0.3) is 0 Å². The highest BCUT2D eigenvalue weighted by Gasteiger charge is 2.24. The second kappa shape index (κ2) is 7.59. The Bertz CT molecular complexity index is 544. The van der Waals surface area contributed by atoms with Crippen LogP contribution in [-0.2, 0) is 4.79 Å². The molecule has 1 aliphatic rings. The van der Waals surface area contributed by atoms with Gasteiger partial charge in [0.25, 0.3) is 5.91 Å². The van der Waals surface area contributed by atoms with E-state index in [1.165, 1.54) is 0 Å². The number of piperidine rings is 1. The van der Waals surface area contributed by atoms with Crippen molar-refractivity contribution in [3.8, 4) is 0 Å². The van der Waals surface area contributed by atoms with Crippen molar-refractivity contribution < 1.29 is 9.59 Å². The Morgan fingerprint density at radius 2 is 1.70 bits per heavy atom. The molecule has 1 N–H and O–H groups in total. The molecular formula is C18H27N3O2. The third-order valence-electron chi connectivity index (χ3n) is 4.41. The first kappa shape index (κ1) is 17.5. The van der Waals surface area contributed by atoms with Crippen molar-refractivity contribution >= 4 is 17.5 Å². The van der Waals surface area contributed by atoms with Crippen molar-refractivity contribution in [2.24, 2.45) is 5.92 Å². The summed E-state index contributed by atoms with van der Waals surface area (Å²) in [6, 6.07) is 7.72. The number of carbonyl (C=O) groups is 2. The summed E-state index contributed by atoms with van der Waals surface area (Å²) in [5.41, 5.74) is 1.41. The standard InChI is InChI=1S/C18H27N3O2/c1-13(2)17(22)19-15-7-5-14(6-8-15)18(23)21-11-9-16(10-12-21)20(3)4/h5-8,13,16H,9-12H2,1-4H3,(H,19,22). The molecular weight excluding hydrogens is 290 g/mol. The van der Waals surface area contributed by atoms with E-state index in [4.69, 9.17) is 0 Å². The largest absolute Gasteiger partial charge is 0.339 e. The normalized spacial score (nSPS) is 16.0. The van der Waals surface area contributed by atoms with Crippen LogP contribution in [-0.4, -0.2) is 54.8 Å². The average molecular weight is 317 g/mol. The number of benzene rings is 1. The second-order valence-electron chi connectivity index (χ2n) is 6.71. The molecule has 0 spiro atoms. The summed E-state index contributed by atoms with van der Waals surface area (Å²) < 4.78 is 0. The summed E-state index contributed by atoms with van der Waals surface area (Å²) in [5, 5.41) is 2.84. The third-order valence-corrected chi connectivity index (χ3v) is 4.41. The van der Waals surface area contributed by atoms with E-state index < -0.39 is 0 Å². The van der Waals surface area contributed by atoms with Gasteiger partial charge in [-0.05, 0) is 51.2 Å². The number of rotatable bonds is 4. The maximum atomic E-state index is 12.5. The van der Waals surface area contributed by atoms with Gasteiger partial charge in [-0.25, -0.2) is 0 Å². The maximum Gasteiger partial charge on any atom is 0.253 e.